The van der Waals surface area contributed by atoms with Crippen molar-refractivity contribution < 1.29 is 4.79 Å². The van der Waals surface area contributed by atoms with E-state index in [-0.39, 0.29) is 5.91 Å². The fraction of sp³-hybridized carbons (Fsp3) is 0.273. The first kappa shape index (κ1) is 20.4. The number of hydrogen-bond acceptors (Lipinski definition) is 5. The van der Waals surface area contributed by atoms with Crippen LogP contribution >= 0.6 is 0 Å². The topological polar surface area (TPSA) is 75.9 Å². The van der Waals surface area contributed by atoms with Gasteiger partial charge in [0.15, 0.2) is 5.69 Å². The van der Waals surface area contributed by atoms with Crippen LogP contribution < -0.4 is 5.32 Å². The van der Waals surface area contributed by atoms with E-state index in [1.807, 2.05) is 30.3 Å². The molecule has 3 rings (SSSR count). The van der Waals surface area contributed by atoms with Gasteiger partial charge >= 0.3 is 0 Å². The second kappa shape index (κ2) is 10.3. The Labute approximate surface area is 171 Å². The number of nitrogens with zero attached hydrogens (tertiary/aromatic N) is 5. The number of carbonyl (C=O) groups is 1. The van der Waals surface area contributed by atoms with Crippen molar-refractivity contribution in [2.45, 2.75) is 20.0 Å². The molecule has 0 fully saturated rings. The second-order valence-electron chi connectivity index (χ2n) is 7.04. The van der Waals surface area contributed by atoms with Crippen LogP contribution in [0.1, 0.15) is 28.5 Å². The summed E-state index contributed by atoms with van der Waals surface area (Å²) in [7, 11) is 2.07. The van der Waals surface area contributed by atoms with Crippen molar-refractivity contribution in [3.8, 4) is 0 Å². The predicted octanol–water partition coefficient (Wildman–Crippen LogP) is 2.64. The maximum atomic E-state index is 12.2. The second-order valence-corrected chi connectivity index (χ2v) is 7.04. The number of likely N-dealkylation sites (N-methyl/N-ethyl adjacent to an activating group) is 1. The molecule has 2 heterocycles. The van der Waals surface area contributed by atoms with E-state index in [0.29, 0.717) is 18.8 Å². The molecule has 1 amide bonds. The molecule has 29 heavy (non-hydrogen) atoms. The Morgan fingerprint density at radius 3 is 2.69 bits per heavy atom. The summed E-state index contributed by atoms with van der Waals surface area (Å²) < 4.78 is 1.70. The van der Waals surface area contributed by atoms with Crippen LogP contribution in [0.4, 0.5) is 0 Å². The van der Waals surface area contributed by atoms with Crippen LogP contribution in [0.5, 0.6) is 0 Å². The van der Waals surface area contributed by atoms with Gasteiger partial charge in [-0.15, -0.1) is 5.10 Å². The molecule has 1 N–H and O–H groups in total. The molecule has 0 radical (unpaired) electrons. The van der Waals surface area contributed by atoms with E-state index in [4.69, 9.17) is 0 Å². The first-order chi connectivity index (χ1) is 14.1. The van der Waals surface area contributed by atoms with E-state index in [0.717, 1.165) is 18.7 Å². The van der Waals surface area contributed by atoms with E-state index < -0.39 is 0 Å². The molecule has 0 saturated heterocycles. The standard InChI is InChI=1S/C22H26N6O/c1-18(14-19-6-4-3-5-7-19)16-27(2)12-13-28-17-21(25-26-28)22(29)24-15-20-8-10-23-11-9-20/h3-11,14,17H,12-13,15-16H2,1-2H3,(H,24,29)/b18-14+. The highest BCUT2D eigenvalue weighted by molar-refractivity contribution is 5.91. The molecule has 0 aliphatic heterocycles. The zero-order chi connectivity index (χ0) is 20.5. The summed E-state index contributed by atoms with van der Waals surface area (Å²) in [6.45, 7) is 4.90. The predicted molar refractivity (Wildman–Crippen MR) is 113 cm³/mol. The molecule has 0 aliphatic rings. The molecule has 0 unspecified atom stereocenters. The summed E-state index contributed by atoms with van der Waals surface area (Å²) in [5.74, 6) is -0.233. The summed E-state index contributed by atoms with van der Waals surface area (Å²) >= 11 is 0. The number of pyridine rings is 1. The van der Waals surface area contributed by atoms with Gasteiger partial charge in [-0.05, 0) is 37.2 Å². The van der Waals surface area contributed by atoms with Crippen LogP contribution in [0.2, 0.25) is 0 Å². The Kier molecular flexibility index (Phi) is 7.24. The van der Waals surface area contributed by atoms with E-state index in [1.165, 1.54) is 11.1 Å². The molecule has 3 aromatic rings. The van der Waals surface area contributed by atoms with Gasteiger partial charge in [0.25, 0.3) is 5.91 Å². The maximum absolute atomic E-state index is 12.2. The Morgan fingerprint density at radius 2 is 1.93 bits per heavy atom. The molecule has 2 aromatic heterocycles. The van der Waals surface area contributed by atoms with Crippen LogP contribution in [0, 0.1) is 0 Å². The third-order valence-corrected chi connectivity index (χ3v) is 4.42. The number of amides is 1. The van der Waals surface area contributed by atoms with E-state index in [1.54, 1.807) is 23.3 Å². The van der Waals surface area contributed by atoms with Crippen molar-refractivity contribution >= 4 is 12.0 Å². The van der Waals surface area contributed by atoms with Crippen molar-refractivity contribution in [2.24, 2.45) is 0 Å². The largest absolute Gasteiger partial charge is 0.347 e. The Bertz CT molecular complexity index is 936. The van der Waals surface area contributed by atoms with Gasteiger partial charge in [-0.2, -0.15) is 0 Å². The number of hydrogen-bond donors (Lipinski definition) is 1. The summed E-state index contributed by atoms with van der Waals surface area (Å²) in [6, 6.07) is 14.0. The third kappa shape index (κ3) is 6.65. The number of benzene rings is 1. The monoisotopic (exact) mass is 390 g/mol. The van der Waals surface area contributed by atoms with Gasteiger partial charge in [0.2, 0.25) is 0 Å². The fourth-order valence-corrected chi connectivity index (χ4v) is 2.94. The van der Waals surface area contributed by atoms with Crippen LogP contribution in [0.15, 0.2) is 66.6 Å². The lowest BCUT2D eigenvalue weighted by molar-refractivity contribution is 0.0946. The summed E-state index contributed by atoms with van der Waals surface area (Å²) in [5, 5.41) is 10.9. The Morgan fingerprint density at radius 1 is 1.17 bits per heavy atom. The molecular weight excluding hydrogens is 364 g/mol. The van der Waals surface area contributed by atoms with Gasteiger partial charge in [-0.25, -0.2) is 0 Å². The van der Waals surface area contributed by atoms with Gasteiger partial charge in [-0.1, -0.05) is 47.2 Å². The minimum absolute atomic E-state index is 0.233. The average Bonchev–Trinajstić information content (AvgIpc) is 3.21. The van der Waals surface area contributed by atoms with Crippen molar-refractivity contribution in [1.29, 1.82) is 0 Å². The fourth-order valence-electron chi connectivity index (χ4n) is 2.94. The minimum Gasteiger partial charge on any atom is -0.347 e. The van der Waals surface area contributed by atoms with Gasteiger partial charge in [-0.3, -0.25) is 14.5 Å². The van der Waals surface area contributed by atoms with Crippen LogP contribution in [0.25, 0.3) is 6.08 Å². The summed E-state index contributed by atoms with van der Waals surface area (Å²) in [4.78, 5) is 18.4. The van der Waals surface area contributed by atoms with Gasteiger partial charge in [0.1, 0.15) is 0 Å². The lowest BCUT2D eigenvalue weighted by atomic mass is 10.1. The molecule has 150 valence electrons. The van der Waals surface area contributed by atoms with Crippen molar-refractivity contribution in [3.63, 3.8) is 0 Å². The number of carbonyl (C=O) groups excluding carboxylic acids is 1. The Balaban J connectivity index is 1.44. The first-order valence-corrected chi connectivity index (χ1v) is 9.58. The molecule has 7 nitrogen and oxygen atoms in total. The van der Waals surface area contributed by atoms with E-state index >= 15 is 0 Å². The van der Waals surface area contributed by atoms with E-state index in [9.17, 15) is 4.79 Å². The smallest absolute Gasteiger partial charge is 0.273 e. The number of nitrogens with one attached hydrogen (secondary N) is 1. The summed E-state index contributed by atoms with van der Waals surface area (Å²) in [6.07, 6.45) is 7.27. The quantitative estimate of drug-likeness (QED) is 0.608. The molecule has 7 heteroatoms. The highest BCUT2D eigenvalue weighted by Gasteiger charge is 2.11. The number of aromatic nitrogens is 4. The molecule has 0 atom stereocenters. The molecule has 0 saturated carbocycles. The van der Waals surface area contributed by atoms with Gasteiger partial charge in [0.05, 0.1) is 12.7 Å². The van der Waals surface area contributed by atoms with Gasteiger partial charge < -0.3 is 10.2 Å². The van der Waals surface area contributed by atoms with Crippen molar-refractivity contribution in [2.75, 3.05) is 20.1 Å². The molecule has 0 bridgehead atoms. The maximum Gasteiger partial charge on any atom is 0.273 e. The van der Waals surface area contributed by atoms with Crippen LogP contribution in [-0.2, 0) is 13.1 Å². The molecule has 0 spiro atoms. The SMILES string of the molecule is C/C(=C\c1ccccc1)CN(C)CCn1cc(C(=O)NCc2ccncc2)nn1. The zero-order valence-electron chi connectivity index (χ0n) is 16.8. The summed E-state index contributed by atoms with van der Waals surface area (Å²) in [5.41, 5.74) is 3.80. The zero-order valence-corrected chi connectivity index (χ0v) is 16.8. The highest BCUT2D eigenvalue weighted by atomic mass is 16.2. The van der Waals surface area contributed by atoms with Crippen LogP contribution in [0.3, 0.4) is 0 Å². The lowest BCUT2D eigenvalue weighted by Crippen LogP contribution is -2.25. The molecule has 0 aliphatic carbocycles. The minimum atomic E-state index is -0.233. The normalized spacial score (nSPS) is 11.6. The highest BCUT2D eigenvalue weighted by Crippen LogP contribution is 2.07. The van der Waals surface area contributed by atoms with Crippen LogP contribution in [-0.4, -0.2) is 50.9 Å². The third-order valence-electron chi connectivity index (χ3n) is 4.42. The molecule has 1 aromatic carbocycles. The van der Waals surface area contributed by atoms with Gasteiger partial charge in [0, 0.05) is 32.0 Å². The van der Waals surface area contributed by atoms with Crippen molar-refractivity contribution in [3.05, 3.63) is 83.4 Å². The molecular formula is C22H26N6O. The van der Waals surface area contributed by atoms with E-state index in [2.05, 4.69) is 57.7 Å². The average molecular weight is 390 g/mol. The Hall–Kier alpha value is -3.32. The van der Waals surface area contributed by atoms with Crippen molar-refractivity contribution in [1.82, 2.24) is 30.2 Å². The first-order valence-electron chi connectivity index (χ1n) is 9.58. The number of rotatable bonds is 9. The lowest BCUT2D eigenvalue weighted by Gasteiger charge is -2.16.